The number of Topliss-reactive ketones (excluding diaryl/α,β-unsaturated/α-hetero) is 1. The number of fused-ring (bicyclic) bond motifs is 1. The summed E-state index contributed by atoms with van der Waals surface area (Å²) in [6.45, 7) is 5.42. The third kappa shape index (κ3) is 5.20. The molecule has 1 aliphatic carbocycles. The van der Waals surface area contributed by atoms with Crippen LogP contribution in [-0.2, 0) is 23.9 Å². The summed E-state index contributed by atoms with van der Waals surface area (Å²) in [5.74, 6) is -3.41. The lowest BCUT2D eigenvalue weighted by molar-refractivity contribution is -0.153. The predicted molar refractivity (Wildman–Crippen MR) is 148 cm³/mol. The summed E-state index contributed by atoms with van der Waals surface area (Å²) >= 11 is 0. The molecular formula is C31H35NO8. The average molecular weight is 550 g/mol. The molecule has 0 N–H and O–H groups in total. The zero-order chi connectivity index (χ0) is 29.0. The predicted octanol–water partition coefficient (Wildman–Crippen LogP) is 4.64. The van der Waals surface area contributed by atoms with E-state index in [0.29, 0.717) is 46.2 Å². The summed E-state index contributed by atoms with van der Waals surface area (Å²) in [6.07, 6.45) is 0.294. The van der Waals surface area contributed by atoms with Gasteiger partial charge in [0.2, 0.25) is 0 Å². The number of ketones is 1. The molecule has 0 bridgehead atoms. The minimum Gasteiger partial charge on any atom is -0.497 e. The molecule has 1 fully saturated rings. The maximum atomic E-state index is 14.5. The highest BCUT2D eigenvalue weighted by atomic mass is 16.5. The molecule has 2 aliphatic rings. The number of allylic oxidation sites excluding steroid dienone is 1. The van der Waals surface area contributed by atoms with Gasteiger partial charge in [0.15, 0.2) is 5.78 Å². The van der Waals surface area contributed by atoms with Gasteiger partial charge in [-0.2, -0.15) is 0 Å². The highest BCUT2D eigenvalue weighted by Crippen LogP contribution is 2.51. The van der Waals surface area contributed by atoms with Gasteiger partial charge in [0.1, 0.15) is 23.2 Å². The van der Waals surface area contributed by atoms with Gasteiger partial charge in [0.25, 0.3) is 0 Å². The van der Waals surface area contributed by atoms with Crippen LogP contribution in [-0.4, -0.2) is 58.0 Å². The van der Waals surface area contributed by atoms with Crippen molar-refractivity contribution in [1.82, 2.24) is 0 Å². The van der Waals surface area contributed by atoms with Crippen molar-refractivity contribution >= 4 is 23.4 Å². The molecule has 0 spiro atoms. The smallest absolute Gasteiger partial charge is 0.336 e. The molecule has 212 valence electrons. The van der Waals surface area contributed by atoms with Crippen LogP contribution < -0.4 is 14.2 Å². The standard InChI is InChI=1S/C31H35NO8/c1-7-39-30(34)25-17(3)32-22-16-21(19-11-9-10-12-23(19)37-5)27(31(35)40-8-2)29(33)28(22)26(25)20-14-13-18(36-4)15-24(20)38-6/h9-15,21,26-28H,7-8,16H2,1-6H3/t21-,26-,27-,28?/m1/s1. The summed E-state index contributed by atoms with van der Waals surface area (Å²) in [6, 6.07) is 12.5. The van der Waals surface area contributed by atoms with Gasteiger partial charge in [-0.25, -0.2) is 4.79 Å². The number of esters is 2. The number of rotatable bonds is 9. The second-order valence-electron chi connectivity index (χ2n) is 9.57. The van der Waals surface area contributed by atoms with Gasteiger partial charge in [-0.15, -0.1) is 0 Å². The third-order valence-electron chi connectivity index (χ3n) is 7.50. The zero-order valence-corrected chi connectivity index (χ0v) is 23.7. The maximum Gasteiger partial charge on any atom is 0.336 e. The molecule has 0 saturated heterocycles. The molecule has 1 aliphatic heterocycles. The number of hydrogen-bond acceptors (Lipinski definition) is 9. The van der Waals surface area contributed by atoms with Gasteiger partial charge >= 0.3 is 11.9 Å². The van der Waals surface area contributed by atoms with Crippen molar-refractivity contribution in [2.75, 3.05) is 34.5 Å². The largest absolute Gasteiger partial charge is 0.497 e. The Hall–Kier alpha value is -4.14. The van der Waals surface area contributed by atoms with Crippen LogP contribution >= 0.6 is 0 Å². The minimum absolute atomic E-state index is 0.121. The quantitative estimate of drug-likeness (QED) is 0.329. The molecule has 1 unspecified atom stereocenters. The molecule has 0 amide bonds. The van der Waals surface area contributed by atoms with Crippen molar-refractivity contribution in [1.29, 1.82) is 0 Å². The van der Waals surface area contributed by atoms with E-state index in [9.17, 15) is 14.4 Å². The molecule has 4 rings (SSSR count). The first-order valence-electron chi connectivity index (χ1n) is 13.3. The van der Waals surface area contributed by atoms with Gasteiger partial charge in [0, 0.05) is 34.9 Å². The Balaban J connectivity index is 1.95. The van der Waals surface area contributed by atoms with E-state index in [4.69, 9.17) is 28.7 Å². The second kappa shape index (κ2) is 12.4. The molecule has 2 aromatic rings. The van der Waals surface area contributed by atoms with Crippen molar-refractivity contribution in [2.24, 2.45) is 16.8 Å². The SMILES string of the molecule is CCOC(=O)C1=C(C)N=C2C[C@H](c3ccccc3OC)[C@@H](C(=O)OCC)C(=O)C2[C@@H]1c1ccc(OC)cc1OC. The number of ether oxygens (including phenoxy) is 5. The molecule has 1 heterocycles. The fraction of sp³-hybridized carbons (Fsp3) is 0.419. The van der Waals surface area contributed by atoms with Crippen LogP contribution in [0.15, 0.2) is 58.7 Å². The molecular weight excluding hydrogens is 514 g/mol. The average Bonchev–Trinajstić information content (AvgIpc) is 2.96. The van der Waals surface area contributed by atoms with Gasteiger partial charge in [-0.3, -0.25) is 14.6 Å². The first-order valence-corrected chi connectivity index (χ1v) is 13.3. The Labute approximate surface area is 234 Å². The third-order valence-corrected chi connectivity index (χ3v) is 7.50. The minimum atomic E-state index is -1.13. The van der Waals surface area contributed by atoms with Crippen molar-refractivity contribution in [3.05, 3.63) is 64.9 Å². The number of benzene rings is 2. The van der Waals surface area contributed by atoms with Crippen LogP contribution in [0.4, 0.5) is 0 Å². The highest BCUT2D eigenvalue weighted by molar-refractivity contribution is 6.18. The molecule has 0 aromatic heterocycles. The number of carbonyl (C=O) groups is 3. The van der Waals surface area contributed by atoms with E-state index in [1.165, 1.54) is 7.11 Å². The normalized spacial score (nSPS) is 22.1. The van der Waals surface area contributed by atoms with E-state index in [1.807, 2.05) is 18.2 Å². The lowest BCUT2D eigenvalue weighted by atomic mass is 9.62. The molecule has 40 heavy (non-hydrogen) atoms. The van der Waals surface area contributed by atoms with Crippen molar-refractivity contribution in [2.45, 2.75) is 39.0 Å². The van der Waals surface area contributed by atoms with Crippen LogP contribution in [0.3, 0.4) is 0 Å². The van der Waals surface area contributed by atoms with E-state index >= 15 is 0 Å². The Morgan fingerprint density at radius 1 is 0.875 bits per heavy atom. The van der Waals surface area contributed by atoms with Gasteiger partial charge in [0.05, 0.1) is 46.0 Å². The van der Waals surface area contributed by atoms with E-state index in [2.05, 4.69) is 0 Å². The summed E-state index contributed by atoms with van der Waals surface area (Å²) in [7, 11) is 4.60. The first kappa shape index (κ1) is 28.9. The van der Waals surface area contributed by atoms with Crippen molar-refractivity contribution in [3.63, 3.8) is 0 Å². The molecule has 9 heteroatoms. The molecule has 1 saturated carbocycles. The topological polar surface area (TPSA) is 110 Å². The first-order chi connectivity index (χ1) is 19.3. The Morgan fingerprint density at radius 2 is 1.57 bits per heavy atom. The second-order valence-corrected chi connectivity index (χ2v) is 9.57. The number of nitrogens with zero attached hydrogens (tertiary/aromatic N) is 1. The van der Waals surface area contributed by atoms with Crippen LogP contribution in [0.25, 0.3) is 0 Å². The number of methoxy groups -OCH3 is 3. The summed E-state index contributed by atoms with van der Waals surface area (Å²) in [5, 5.41) is 0. The molecule has 0 radical (unpaired) electrons. The highest BCUT2D eigenvalue weighted by Gasteiger charge is 2.53. The van der Waals surface area contributed by atoms with E-state index in [-0.39, 0.29) is 24.6 Å². The Kier molecular flexibility index (Phi) is 8.92. The van der Waals surface area contributed by atoms with Gasteiger partial charge in [-0.1, -0.05) is 24.3 Å². The maximum absolute atomic E-state index is 14.5. The van der Waals surface area contributed by atoms with Gasteiger partial charge in [-0.05, 0) is 44.9 Å². The van der Waals surface area contributed by atoms with Crippen molar-refractivity contribution < 1.29 is 38.1 Å². The Morgan fingerprint density at radius 3 is 2.23 bits per heavy atom. The number of para-hydroxylation sites is 1. The lowest BCUT2D eigenvalue weighted by Crippen LogP contribution is -2.49. The van der Waals surface area contributed by atoms with Crippen LogP contribution in [0.5, 0.6) is 17.2 Å². The molecule has 4 atom stereocenters. The number of hydrogen-bond donors (Lipinski definition) is 0. The number of aliphatic imine (C=N–C) groups is 1. The molecule has 2 aromatic carbocycles. The van der Waals surface area contributed by atoms with E-state index < -0.39 is 35.6 Å². The fourth-order valence-corrected chi connectivity index (χ4v) is 5.83. The molecule has 9 nitrogen and oxygen atoms in total. The van der Waals surface area contributed by atoms with Crippen LogP contribution in [0.2, 0.25) is 0 Å². The number of carbonyl (C=O) groups excluding carboxylic acids is 3. The lowest BCUT2D eigenvalue weighted by Gasteiger charge is -2.41. The fourth-order valence-electron chi connectivity index (χ4n) is 5.83. The van der Waals surface area contributed by atoms with E-state index in [1.54, 1.807) is 59.3 Å². The zero-order valence-electron chi connectivity index (χ0n) is 23.7. The van der Waals surface area contributed by atoms with E-state index in [0.717, 1.165) is 0 Å². The van der Waals surface area contributed by atoms with Crippen LogP contribution in [0, 0.1) is 11.8 Å². The monoisotopic (exact) mass is 549 g/mol. The van der Waals surface area contributed by atoms with Crippen molar-refractivity contribution in [3.8, 4) is 17.2 Å². The Bertz CT molecular complexity index is 1360. The van der Waals surface area contributed by atoms with Gasteiger partial charge < -0.3 is 23.7 Å². The van der Waals surface area contributed by atoms with Crippen LogP contribution in [0.1, 0.15) is 50.2 Å². The summed E-state index contributed by atoms with van der Waals surface area (Å²) in [5.41, 5.74) is 2.60. The summed E-state index contributed by atoms with van der Waals surface area (Å²) < 4.78 is 27.5. The summed E-state index contributed by atoms with van der Waals surface area (Å²) in [4.78, 5) is 46.1.